The van der Waals surface area contributed by atoms with Crippen LogP contribution >= 0.6 is 0 Å². The van der Waals surface area contributed by atoms with Gasteiger partial charge in [-0.25, -0.2) is 9.18 Å². The van der Waals surface area contributed by atoms with Gasteiger partial charge in [-0.1, -0.05) is 20.3 Å². The number of carboxylic acid groups (broad SMARTS) is 1. The van der Waals surface area contributed by atoms with E-state index < -0.39 is 18.7 Å². The maximum atomic E-state index is 11.8. The van der Waals surface area contributed by atoms with Crippen LogP contribution < -0.4 is 0 Å². The van der Waals surface area contributed by atoms with Crippen LogP contribution in [-0.4, -0.2) is 54.4 Å². The van der Waals surface area contributed by atoms with E-state index in [1.165, 1.54) is 11.8 Å². The van der Waals surface area contributed by atoms with Crippen molar-refractivity contribution in [2.24, 2.45) is 5.92 Å². The molecule has 18 heavy (non-hydrogen) atoms. The maximum absolute atomic E-state index is 11.8. The Morgan fingerprint density at radius 2 is 2.00 bits per heavy atom. The average Bonchev–Trinajstić information content (AvgIpc) is 2.31. The molecule has 0 bridgehead atoms. The van der Waals surface area contributed by atoms with E-state index in [2.05, 4.69) is 0 Å². The number of hydrogen-bond acceptors (Lipinski definition) is 3. The third-order valence-corrected chi connectivity index (χ3v) is 2.87. The Balaban J connectivity index is 4.61. The molecule has 2 atom stereocenters. The number of amides is 1. The largest absolute Gasteiger partial charge is 0.480 e. The fraction of sp³-hybridized carbons (Fsp3) is 0.833. The van der Waals surface area contributed by atoms with Crippen molar-refractivity contribution in [3.8, 4) is 0 Å². The van der Waals surface area contributed by atoms with Gasteiger partial charge in [-0.05, 0) is 5.92 Å². The number of alkyl halides is 1. The van der Waals surface area contributed by atoms with E-state index >= 15 is 0 Å². The molecule has 0 aromatic carbocycles. The Morgan fingerprint density at radius 3 is 2.39 bits per heavy atom. The van der Waals surface area contributed by atoms with E-state index in [1.54, 1.807) is 6.92 Å². The summed E-state index contributed by atoms with van der Waals surface area (Å²) in [6.07, 6.45) is 0.659. The number of carboxylic acids is 1. The van der Waals surface area contributed by atoms with Gasteiger partial charge in [-0.15, -0.1) is 0 Å². The normalized spacial score (nSPS) is 14.0. The zero-order chi connectivity index (χ0) is 14.1. The first kappa shape index (κ1) is 16.8. The van der Waals surface area contributed by atoms with Crippen molar-refractivity contribution in [3.05, 3.63) is 0 Å². The van der Waals surface area contributed by atoms with E-state index in [4.69, 9.17) is 4.74 Å². The van der Waals surface area contributed by atoms with Gasteiger partial charge in [0.25, 0.3) is 0 Å². The van der Waals surface area contributed by atoms with Gasteiger partial charge in [0.2, 0.25) is 5.91 Å². The Kier molecular flexibility index (Phi) is 8.28. The SMILES string of the molecule is CC[C@H](C)[C@@H](C(=O)O)N(CCOCCF)C(C)=O. The lowest BCUT2D eigenvalue weighted by atomic mass is 9.97. The fourth-order valence-electron chi connectivity index (χ4n) is 1.72. The van der Waals surface area contributed by atoms with E-state index in [9.17, 15) is 19.1 Å². The highest BCUT2D eigenvalue weighted by molar-refractivity contribution is 5.82. The number of rotatable bonds is 9. The van der Waals surface area contributed by atoms with Crippen LogP contribution in [0.4, 0.5) is 4.39 Å². The molecule has 0 radical (unpaired) electrons. The monoisotopic (exact) mass is 263 g/mol. The second-order valence-electron chi connectivity index (χ2n) is 4.18. The number of halogens is 1. The molecule has 0 aromatic rings. The lowest BCUT2D eigenvalue weighted by Gasteiger charge is -2.31. The number of aliphatic carboxylic acids is 1. The van der Waals surface area contributed by atoms with Crippen LogP contribution in [0.5, 0.6) is 0 Å². The summed E-state index contributed by atoms with van der Waals surface area (Å²) in [6.45, 7) is 4.67. The lowest BCUT2D eigenvalue weighted by molar-refractivity contribution is -0.152. The van der Waals surface area contributed by atoms with Gasteiger partial charge in [0.1, 0.15) is 12.7 Å². The molecule has 0 fully saturated rings. The Hall–Kier alpha value is -1.17. The third-order valence-electron chi connectivity index (χ3n) is 2.87. The smallest absolute Gasteiger partial charge is 0.326 e. The highest BCUT2D eigenvalue weighted by Crippen LogP contribution is 2.15. The summed E-state index contributed by atoms with van der Waals surface area (Å²) in [6, 6.07) is -0.860. The summed E-state index contributed by atoms with van der Waals surface area (Å²) in [5.41, 5.74) is 0. The molecule has 0 heterocycles. The number of carbonyl (C=O) groups is 2. The number of nitrogens with zero attached hydrogens (tertiary/aromatic N) is 1. The molecule has 1 N–H and O–H groups in total. The first-order valence-corrected chi connectivity index (χ1v) is 6.09. The van der Waals surface area contributed by atoms with Gasteiger partial charge in [-0.3, -0.25) is 4.79 Å². The minimum absolute atomic E-state index is 0.0349. The van der Waals surface area contributed by atoms with Gasteiger partial charge in [0, 0.05) is 13.5 Å². The van der Waals surface area contributed by atoms with Gasteiger partial charge in [0.05, 0.1) is 13.2 Å². The topological polar surface area (TPSA) is 66.8 Å². The Bertz CT molecular complexity index is 273. The van der Waals surface area contributed by atoms with Crippen LogP contribution in [0.25, 0.3) is 0 Å². The van der Waals surface area contributed by atoms with Crippen LogP contribution in [0.15, 0.2) is 0 Å². The van der Waals surface area contributed by atoms with Crippen molar-refractivity contribution in [1.82, 2.24) is 4.90 Å². The van der Waals surface area contributed by atoms with E-state index in [0.717, 1.165) is 0 Å². The second-order valence-corrected chi connectivity index (χ2v) is 4.18. The van der Waals surface area contributed by atoms with Gasteiger partial charge in [0.15, 0.2) is 0 Å². The molecule has 0 saturated heterocycles. The molecule has 0 saturated carbocycles. The summed E-state index contributed by atoms with van der Waals surface area (Å²) in [5, 5.41) is 9.20. The quantitative estimate of drug-likeness (QED) is 0.637. The van der Waals surface area contributed by atoms with Crippen LogP contribution in [0.3, 0.4) is 0 Å². The lowest BCUT2D eigenvalue weighted by Crippen LogP contribution is -2.49. The van der Waals surface area contributed by atoms with Crippen molar-refractivity contribution in [2.45, 2.75) is 33.2 Å². The minimum Gasteiger partial charge on any atom is -0.480 e. The van der Waals surface area contributed by atoms with Gasteiger partial charge >= 0.3 is 5.97 Å². The molecule has 106 valence electrons. The predicted octanol–water partition coefficient (Wildman–Crippen LogP) is 1.32. The first-order chi connectivity index (χ1) is 8.45. The second kappa shape index (κ2) is 8.85. The predicted molar refractivity (Wildman–Crippen MR) is 65.1 cm³/mol. The van der Waals surface area contributed by atoms with E-state index in [0.29, 0.717) is 6.42 Å². The van der Waals surface area contributed by atoms with E-state index in [-0.39, 0.29) is 31.6 Å². The van der Waals surface area contributed by atoms with Crippen LogP contribution in [-0.2, 0) is 14.3 Å². The third kappa shape index (κ3) is 5.44. The molecule has 0 aliphatic carbocycles. The molecular weight excluding hydrogens is 241 g/mol. The number of carbonyl (C=O) groups excluding carboxylic acids is 1. The number of ether oxygens (including phenoxy) is 1. The van der Waals surface area contributed by atoms with Crippen LogP contribution in [0.1, 0.15) is 27.2 Å². The van der Waals surface area contributed by atoms with E-state index in [1.807, 2.05) is 6.92 Å². The summed E-state index contributed by atoms with van der Waals surface area (Å²) in [4.78, 5) is 24.0. The molecule has 0 rings (SSSR count). The van der Waals surface area contributed by atoms with Crippen molar-refractivity contribution in [2.75, 3.05) is 26.4 Å². The van der Waals surface area contributed by atoms with Crippen LogP contribution in [0.2, 0.25) is 0 Å². The molecule has 0 aliphatic heterocycles. The zero-order valence-corrected chi connectivity index (χ0v) is 11.2. The molecule has 1 amide bonds. The maximum Gasteiger partial charge on any atom is 0.326 e. The molecule has 0 unspecified atom stereocenters. The van der Waals surface area contributed by atoms with Gasteiger partial charge in [-0.2, -0.15) is 0 Å². The number of hydrogen-bond donors (Lipinski definition) is 1. The van der Waals surface area contributed by atoms with Crippen molar-refractivity contribution in [3.63, 3.8) is 0 Å². The molecule has 0 aromatic heterocycles. The average molecular weight is 263 g/mol. The van der Waals surface area contributed by atoms with Crippen molar-refractivity contribution < 1.29 is 23.8 Å². The highest BCUT2D eigenvalue weighted by Gasteiger charge is 2.31. The summed E-state index contributed by atoms with van der Waals surface area (Å²) in [7, 11) is 0. The molecule has 6 heteroatoms. The minimum atomic E-state index is -1.02. The van der Waals surface area contributed by atoms with Crippen molar-refractivity contribution in [1.29, 1.82) is 0 Å². The van der Waals surface area contributed by atoms with Crippen molar-refractivity contribution >= 4 is 11.9 Å². The molecule has 5 nitrogen and oxygen atoms in total. The standard InChI is InChI=1S/C12H22FNO4/c1-4-9(2)11(12(16)17)14(10(3)15)6-8-18-7-5-13/h9,11H,4-8H2,1-3H3,(H,16,17)/t9-,11-/m0/s1. The van der Waals surface area contributed by atoms with Crippen LogP contribution in [0, 0.1) is 5.92 Å². The molecule has 0 spiro atoms. The highest BCUT2D eigenvalue weighted by atomic mass is 19.1. The van der Waals surface area contributed by atoms with Gasteiger partial charge < -0.3 is 14.7 Å². The fourth-order valence-corrected chi connectivity index (χ4v) is 1.72. The zero-order valence-electron chi connectivity index (χ0n) is 11.2. The first-order valence-electron chi connectivity index (χ1n) is 6.09. The molecular formula is C12H22FNO4. The summed E-state index contributed by atoms with van der Waals surface area (Å²) >= 11 is 0. The Morgan fingerprint density at radius 1 is 1.39 bits per heavy atom. The molecule has 0 aliphatic rings. The Labute approximate surface area is 107 Å². The summed E-state index contributed by atoms with van der Waals surface area (Å²) < 4.78 is 16.8. The summed E-state index contributed by atoms with van der Waals surface area (Å²) in [5.74, 6) is -1.48.